The van der Waals surface area contributed by atoms with Crippen molar-refractivity contribution in [2.45, 2.75) is 55.3 Å². The Hall–Kier alpha value is -3.51. The molecule has 1 aromatic heterocycles. The van der Waals surface area contributed by atoms with E-state index in [-0.39, 0.29) is 40.6 Å². The van der Waals surface area contributed by atoms with Gasteiger partial charge in [0.15, 0.2) is 23.2 Å². The van der Waals surface area contributed by atoms with E-state index >= 15 is 0 Å². The zero-order chi connectivity index (χ0) is 30.3. The number of phenolic OH excluding ortho intramolecular Hbond substituents is 2. The number of hydrogen-bond acceptors (Lipinski definition) is 15. The predicted octanol–water partition coefficient (Wildman–Crippen LogP) is -1.48. The molecular formula is C27H30O15. The molecule has 3 aromatic rings. The minimum Gasteiger partial charge on any atom is -0.507 e. The molecule has 2 aliphatic heterocycles. The molecule has 5 rings (SSSR count). The van der Waals surface area contributed by atoms with Crippen molar-refractivity contribution in [3.05, 3.63) is 46.6 Å². The maximum atomic E-state index is 12.8. The maximum absolute atomic E-state index is 12.8. The number of ether oxygens (including phenoxy) is 5. The summed E-state index contributed by atoms with van der Waals surface area (Å²) >= 11 is 0. The second kappa shape index (κ2) is 12.0. The Kier molecular flexibility index (Phi) is 8.56. The van der Waals surface area contributed by atoms with E-state index in [9.17, 15) is 45.6 Å². The number of aliphatic hydroxyl groups excluding tert-OH is 6. The second-order valence-electron chi connectivity index (χ2n) is 9.89. The number of fused-ring (bicyclic) bond motifs is 1. The van der Waals surface area contributed by atoms with Crippen molar-refractivity contribution in [3.63, 3.8) is 0 Å². The number of phenols is 2. The lowest BCUT2D eigenvalue weighted by molar-refractivity contribution is -0.307. The molecule has 0 bridgehead atoms. The minimum absolute atomic E-state index is 0.0523. The van der Waals surface area contributed by atoms with E-state index in [1.807, 2.05) is 0 Å². The van der Waals surface area contributed by atoms with Crippen LogP contribution in [-0.2, 0) is 14.2 Å². The molecule has 8 N–H and O–H groups in total. The molecule has 0 saturated carbocycles. The van der Waals surface area contributed by atoms with Gasteiger partial charge in [0.25, 0.3) is 0 Å². The Morgan fingerprint density at radius 3 is 2.31 bits per heavy atom. The first-order chi connectivity index (χ1) is 20.0. The normalized spacial score (nSPS) is 31.6. The third kappa shape index (κ3) is 5.74. The summed E-state index contributed by atoms with van der Waals surface area (Å²) in [5.41, 5.74) is -0.379. The van der Waals surface area contributed by atoms with Gasteiger partial charge < -0.3 is 69.0 Å². The zero-order valence-corrected chi connectivity index (χ0v) is 22.0. The number of aromatic hydroxyl groups is 2. The average Bonchev–Trinajstić information content (AvgIpc) is 2.96. The molecule has 3 heterocycles. The molecule has 2 saturated heterocycles. The van der Waals surface area contributed by atoms with Crippen LogP contribution in [0, 0.1) is 0 Å². The Balaban J connectivity index is 1.36. The predicted molar refractivity (Wildman–Crippen MR) is 139 cm³/mol. The van der Waals surface area contributed by atoms with Gasteiger partial charge in [0.1, 0.15) is 71.0 Å². The van der Waals surface area contributed by atoms with Crippen LogP contribution in [0.4, 0.5) is 0 Å². The molecule has 2 aromatic carbocycles. The molecule has 0 spiro atoms. The van der Waals surface area contributed by atoms with Crippen LogP contribution >= 0.6 is 0 Å². The zero-order valence-electron chi connectivity index (χ0n) is 22.0. The van der Waals surface area contributed by atoms with Crippen LogP contribution in [0.5, 0.6) is 23.0 Å². The van der Waals surface area contributed by atoms with Gasteiger partial charge in [-0.2, -0.15) is 0 Å². The molecule has 15 heteroatoms. The van der Waals surface area contributed by atoms with E-state index in [1.165, 1.54) is 25.3 Å². The van der Waals surface area contributed by atoms with E-state index in [0.29, 0.717) is 5.56 Å². The van der Waals surface area contributed by atoms with Crippen LogP contribution in [0.15, 0.2) is 45.6 Å². The Morgan fingerprint density at radius 2 is 1.60 bits per heavy atom. The maximum Gasteiger partial charge on any atom is 0.229 e. The van der Waals surface area contributed by atoms with Crippen molar-refractivity contribution in [1.29, 1.82) is 0 Å². The molecule has 15 nitrogen and oxygen atoms in total. The van der Waals surface area contributed by atoms with E-state index in [2.05, 4.69) is 0 Å². The van der Waals surface area contributed by atoms with Gasteiger partial charge in [-0.05, 0) is 18.2 Å². The summed E-state index contributed by atoms with van der Waals surface area (Å²) in [6.45, 7) is -0.821. The van der Waals surface area contributed by atoms with Crippen molar-refractivity contribution in [3.8, 4) is 34.3 Å². The van der Waals surface area contributed by atoms with Crippen LogP contribution < -0.4 is 14.9 Å². The monoisotopic (exact) mass is 594 g/mol. The fraction of sp³-hybridized carbons (Fsp3) is 0.444. The summed E-state index contributed by atoms with van der Waals surface area (Å²) in [5.74, 6) is -0.602. The van der Waals surface area contributed by atoms with Gasteiger partial charge in [0.05, 0.1) is 20.3 Å². The molecule has 42 heavy (non-hydrogen) atoms. The first-order valence-corrected chi connectivity index (χ1v) is 12.8. The highest BCUT2D eigenvalue weighted by Crippen LogP contribution is 2.35. The molecule has 9 atom stereocenters. The molecule has 0 aliphatic carbocycles. The minimum atomic E-state index is -1.77. The third-order valence-corrected chi connectivity index (χ3v) is 7.05. The molecular weight excluding hydrogens is 564 g/mol. The first kappa shape index (κ1) is 30.0. The number of methoxy groups -OCH3 is 1. The lowest BCUT2D eigenvalue weighted by Gasteiger charge is -2.41. The lowest BCUT2D eigenvalue weighted by atomic mass is 9.99. The van der Waals surface area contributed by atoms with Crippen molar-refractivity contribution >= 4 is 11.0 Å². The highest BCUT2D eigenvalue weighted by Gasteiger charge is 2.46. The highest BCUT2D eigenvalue weighted by atomic mass is 16.7. The van der Waals surface area contributed by atoms with E-state index in [0.717, 1.165) is 12.1 Å². The van der Waals surface area contributed by atoms with Gasteiger partial charge in [-0.25, -0.2) is 0 Å². The second-order valence-corrected chi connectivity index (χ2v) is 9.89. The Labute approximate surface area is 236 Å². The van der Waals surface area contributed by atoms with Crippen molar-refractivity contribution in [1.82, 2.24) is 0 Å². The summed E-state index contributed by atoms with van der Waals surface area (Å²) in [6.07, 6.45) is -14.0. The smallest absolute Gasteiger partial charge is 0.229 e. The van der Waals surface area contributed by atoms with Gasteiger partial charge >= 0.3 is 0 Å². The molecule has 0 amide bonds. The van der Waals surface area contributed by atoms with Crippen LogP contribution in [0.2, 0.25) is 0 Å². The van der Waals surface area contributed by atoms with Crippen molar-refractivity contribution in [2.24, 2.45) is 0 Å². The summed E-state index contributed by atoms with van der Waals surface area (Å²) < 4.78 is 32.6. The van der Waals surface area contributed by atoms with Crippen LogP contribution in [-0.4, -0.2) is 116 Å². The molecule has 228 valence electrons. The molecule has 0 radical (unpaired) electrons. The quantitative estimate of drug-likeness (QED) is 0.156. The standard InChI is InChI=1S/C27H30O15/c1-37-16-3-2-10(4-12(16)28)17-7-14(30)20-13(29)5-11(6-18(20)41-17)40-27-25(36)23(34)22(33)19(42-27)9-39-26-24(35)21(32)15(31)8-38-26/h2-7,15,19,21-29,31-36H,8-9H2,1H3/t15-,19-,21-,22-,23-,24+,25-,26-,27-/m0/s1. The van der Waals surface area contributed by atoms with Crippen molar-refractivity contribution < 1.29 is 69.0 Å². The number of hydrogen-bond donors (Lipinski definition) is 8. The largest absolute Gasteiger partial charge is 0.507 e. The topological polar surface area (TPSA) is 238 Å². The molecule has 2 aliphatic rings. The van der Waals surface area contributed by atoms with Crippen LogP contribution in [0.3, 0.4) is 0 Å². The van der Waals surface area contributed by atoms with Crippen LogP contribution in [0.1, 0.15) is 0 Å². The number of aliphatic hydroxyl groups is 6. The van der Waals surface area contributed by atoms with Crippen molar-refractivity contribution in [2.75, 3.05) is 20.3 Å². The molecule has 2 fully saturated rings. The summed E-state index contributed by atoms with van der Waals surface area (Å²) in [4.78, 5) is 12.8. The number of benzene rings is 2. The van der Waals surface area contributed by atoms with Gasteiger partial charge in [-0.1, -0.05) is 0 Å². The average molecular weight is 595 g/mol. The number of rotatable bonds is 7. The Bertz CT molecular complexity index is 1470. The van der Waals surface area contributed by atoms with E-state index < -0.39 is 73.1 Å². The summed E-state index contributed by atoms with van der Waals surface area (Å²) in [5, 5.41) is 81.3. The third-order valence-electron chi connectivity index (χ3n) is 7.05. The van der Waals surface area contributed by atoms with Crippen LogP contribution in [0.25, 0.3) is 22.3 Å². The SMILES string of the molecule is COc1ccc(-c2cc(=O)c3c(O)cc(O[C@H]4O[C@@H](CO[C@@H]5OC[C@H](O)[C@H](O)[C@H]5O)[C@H](O)[C@H](O)[C@@H]4O)cc3o2)cc1O. The van der Waals surface area contributed by atoms with E-state index in [1.54, 1.807) is 6.07 Å². The summed E-state index contributed by atoms with van der Waals surface area (Å²) in [6, 6.07) is 7.78. The van der Waals surface area contributed by atoms with E-state index in [4.69, 9.17) is 28.1 Å². The van der Waals surface area contributed by atoms with Gasteiger partial charge in [0, 0.05) is 23.8 Å². The first-order valence-electron chi connectivity index (χ1n) is 12.8. The van der Waals surface area contributed by atoms with Gasteiger partial charge in [-0.3, -0.25) is 4.79 Å². The molecule has 0 unspecified atom stereocenters. The fourth-order valence-corrected chi connectivity index (χ4v) is 4.70. The summed E-state index contributed by atoms with van der Waals surface area (Å²) in [7, 11) is 1.38. The fourth-order valence-electron chi connectivity index (χ4n) is 4.70. The highest BCUT2D eigenvalue weighted by molar-refractivity contribution is 5.86. The Morgan fingerprint density at radius 1 is 0.857 bits per heavy atom. The lowest BCUT2D eigenvalue weighted by Crippen LogP contribution is -2.61. The van der Waals surface area contributed by atoms with Gasteiger partial charge in [0.2, 0.25) is 6.29 Å². The van der Waals surface area contributed by atoms with Gasteiger partial charge in [-0.15, -0.1) is 0 Å².